The number of piperazine rings is 1. The molecule has 1 aliphatic rings. The highest BCUT2D eigenvalue weighted by Crippen LogP contribution is 2.15. The van der Waals surface area contributed by atoms with Crippen molar-refractivity contribution in [3.63, 3.8) is 0 Å². The Hall–Kier alpha value is -2.70. The fraction of sp³-hybridized carbons (Fsp3) is 0.444. The molecular formula is C18H22N4O3. The van der Waals surface area contributed by atoms with Crippen LogP contribution in [-0.2, 0) is 0 Å². The van der Waals surface area contributed by atoms with Gasteiger partial charge in [0.2, 0.25) is 5.89 Å². The van der Waals surface area contributed by atoms with Crippen molar-refractivity contribution in [3.05, 3.63) is 47.2 Å². The van der Waals surface area contributed by atoms with Crippen LogP contribution in [0.4, 0.5) is 0 Å². The van der Waals surface area contributed by atoms with Crippen LogP contribution in [0.25, 0.3) is 0 Å². The summed E-state index contributed by atoms with van der Waals surface area (Å²) >= 11 is 0. The molecule has 1 aliphatic heterocycles. The number of carbonyl (C=O) groups excluding carboxylic acids is 2. The minimum atomic E-state index is -0.276. The topological polar surface area (TPSA) is 79.5 Å². The van der Waals surface area contributed by atoms with E-state index in [1.165, 1.54) is 0 Å². The summed E-state index contributed by atoms with van der Waals surface area (Å²) in [4.78, 5) is 28.4. The third-order valence-corrected chi connectivity index (χ3v) is 4.27. The number of benzene rings is 1. The zero-order valence-corrected chi connectivity index (χ0v) is 14.7. The molecular weight excluding hydrogens is 320 g/mol. The van der Waals surface area contributed by atoms with E-state index in [0.717, 1.165) is 5.56 Å². The van der Waals surface area contributed by atoms with Crippen LogP contribution in [0.3, 0.4) is 0 Å². The summed E-state index contributed by atoms with van der Waals surface area (Å²) in [6.45, 7) is 7.73. The van der Waals surface area contributed by atoms with E-state index >= 15 is 0 Å². The van der Waals surface area contributed by atoms with E-state index in [0.29, 0.717) is 37.6 Å². The van der Waals surface area contributed by atoms with Crippen LogP contribution in [-0.4, -0.2) is 58.0 Å². The first-order valence-electron chi connectivity index (χ1n) is 8.44. The molecule has 0 bridgehead atoms. The van der Waals surface area contributed by atoms with Gasteiger partial charge in [-0.1, -0.05) is 31.5 Å². The summed E-state index contributed by atoms with van der Waals surface area (Å²) in [6.07, 6.45) is 0. The SMILES string of the molecule is Cc1ccc(C(=O)N2CCN(C(=O)c3nnc(C(C)C)o3)CC2)cc1. The Balaban J connectivity index is 1.60. The average Bonchev–Trinajstić information content (AvgIpc) is 3.12. The molecule has 0 saturated carbocycles. The molecule has 3 rings (SSSR count). The Morgan fingerprint density at radius 1 is 0.960 bits per heavy atom. The maximum Gasteiger partial charge on any atom is 0.311 e. The Kier molecular flexibility index (Phi) is 4.83. The smallest absolute Gasteiger partial charge is 0.311 e. The molecule has 7 heteroatoms. The van der Waals surface area contributed by atoms with Gasteiger partial charge in [-0.2, -0.15) is 0 Å². The van der Waals surface area contributed by atoms with E-state index in [1.807, 2.05) is 45.0 Å². The number of hydrogen-bond acceptors (Lipinski definition) is 5. The van der Waals surface area contributed by atoms with E-state index < -0.39 is 0 Å². The zero-order chi connectivity index (χ0) is 18.0. The Morgan fingerprint density at radius 2 is 1.52 bits per heavy atom. The van der Waals surface area contributed by atoms with Crippen molar-refractivity contribution >= 4 is 11.8 Å². The molecule has 0 radical (unpaired) electrons. The van der Waals surface area contributed by atoms with E-state index in [1.54, 1.807) is 9.80 Å². The second-order valence-corrected chi connectivity index (χ2v) is 6.55. The molecule has 0 spiro atoms. The molecule has 1 fully saturated rings. The number of aryl methyl sites for hydroxylation is 1. The monoisotopic (exact) mass is 342 g/mol. The van der Waals surface area contributed by atoms with Gasteiger partial charge in [-0.05, 0) is 19.1 Å². The first-order chi connectivity index (χ1) is 12.0. The Morgan fingerprint density at radius 3 is 2.04 bits per heavy atom. The van der Waals surface area contributed by atoms with Crippen molar-refractivity contribution in [2.24, 2.45) is 0 Å². The first kappa shape index (κ1) is 17.1. The maximum absolute atomic E-state index is 12.5. The summed E-state index contributed by atoms with van der Waals surface area (Å²) in [6, 6.07) is 7.52. The Bertz CT molecular complexity index is 759. The van der Waals surface area contributed by atoms with Crippen molar-refractivity contribution in [3.8, 4) is 0 Å². The summed E-state index contributed by atoms with van der Waals surface area (Å²) in [5.41, 5.74) is 1.79. The van der Waals surface area contributed by atoms with Crippen LogP contribution >= 0.6 is 0 Å². The van der Waals surface area contributed by atoms with Gasteiger partial charge in [0.05, 0.1) is 0 Å². The predicted molar refractivity (Wildman–Crippen MR) is 91.4 cm³/mol. The average molecular weight is 342 g/mol. The molecule has 1 aromatic heterocycles. The molecule has 1 saturated heterocycles. The molecule has 7 nitrogen and oxygen atoms in total. The molecule has 1 aromatic carbocycles. The van der Waals surface area contributed by atoms with Gasteiger partial charge < -0.3 is 14.2 Å². The van der Waals surface area contributed by atoms with Crippen molar-refractivity contribution < 1.29 is 14.0 Å². The first-order valence-corrected chi connectivity index (χ1v) is 8.44. The van der Waals surface area contributed by atoms with Crippen molar-refractivity contribution in [1.29, 1.82) is 0 Å². The van der Waals surface area contributed by atoms with Crippen LogP contribution in [0.2, 0.25) is 0 Å². The second-order valence-electron chi connectivity index (χ2n) is 6.55. The number of nitrogens with zero attached hydrogens (tertiary/aromatic N) is 4. The van der Waals surface area contributed by atoms with Gasteiger partial charge in [0, 0.05) is 37.7 Å². The van der Waals surface area contributed by atoms with Crippen molar-refractivity contribution in [1.82, 2.24) is 20.0 Å². The van der Waals surface area contributed by atoms with E-state index in [4.69, 9.17) is 4.42 Å². The van der Waals surface area contributed by atoms with Gasteiger partial charge in [-0.25, -0.2) is 0 Å². The lowest BCUT2D eigenvalue weighted by molar-refractivity contribution is 0.0512. The van der Waals surface area contributed by atoms with Gasteiger partial charge in [-0.15, -0.1) is 10.2 Å². The second kappa shape index (κ2) is 7.04. The number of carbonyl (C=O) groups is 2. The molecule has 0 atom stereocenters. The van der Waals surface area contributed by atoms with Gasteiger partial charge in [0.1, 0.15) is 0 Å². The number of aromatic nitrogens is 2. The molecule has 0 unspecified atom stereocenters. The van der Waals surface area contributed by atoms with E-state index in [-0.39, 0.29) is 23.6 Å². The van der Waals surface area contributed by atoms with Gasteiger partial charge in [-0.3, -0.25) is 9.59 Å². The lowest BCUT2D eigenvalue weighted by Crippen LogP contribution is -2.50. The largest absolute Gasteiger partial charge is 0.417 e. The van der Waals surface area contributed by atoms with Crippen LogP contribution in [0.1, 0.15) is 52.3 Å². The Labute approximate surface area is 146 Å². The maximum atomic E-state index is 12.5. The standard InChI is InChI=1S/C18H22N4O3/c1-12(2)15-19-20-16(25-15)18(24)22-10-8-21(9-11-22)17(23)14-6-4-13(3)5-7-14/h4-7,12H,8-11H2,1-3H3. The lowest BCUT2D eigenvalue weighted by atomic mass is 10.1. The highest BCUT2D eigenvalue weighted by Gasteiger charge is 2.28. The van der Waals surface area contributed by atoms with E-state index in [2.05, 4.69) is 10.2 Å². The molecule has 132 valence electrons. The highest BCUT2D eigenvalue weighted by molar-refractivity contribution is 5.94. The van der Waals surface area contributed by atoms with Crippen LogP contribution in [0.15, 0.2) is 28.7 Å². The number of amides is 2. The lowest BCUT2D eigenvalue weighted by Gasteiger charge is -2.34. The van der Waals surface area contributed by atoms with Crippen molar-refractivity contribution in [2.75, 3.05) is 26.2 Å². The van der Waals surface area contributed by atoms with E-state index in [9.17, 15) is 9.59 Å². The van der Waals surface area contributed by atoms with Gasteiger partial charge in [0.25, 0.3) is 5.91 Å². The fourth-order valence-electron chi connectivity index (χ4n) is 2.68. The van der Waals surface area contributed by atoms with Crippen molar-refractivity contribution in [2.45, 2.75) is 26.7 Å². The van der Waals surface area contributed by atoms with Gasteiger partial charge >= 0.3 is 11.8 Å². The molecule has 0 aliphatic carbocycles. The molecule has 0 N–H and O–H groups in total. The summed E-state index contributed by atoms with van der Waals surface area (Å²) < 4.78 is 5.42. The highest BCUT2D eigenvalue weighted by atomic mass is 16.4. The van der Waals surface area contributed by atoms with Gasteiger partial charge in [0.15, 0.2) is 0 Å². The predicted octanol–water partition coefficient (Wildman–Crippen LogP) is 2.10. The zero-order valence-electron chi connectivity index (χ0n) is 14.7. The molecule has 2 aromatic rings. The summed E-state index contributed by atoms with van der Waals surface area (Å²) in [5, 5.41) is 7.73. The minimum absolute atomic E-state index is 0.00742. The molecule has 25 heavy (non-hydrogen) atoms. The van der Waals surface area contributed by atoms with Crippen LogP contribution < -0.4 is 0 Å². The molecule has 2 amide bonds. The number of rotatable bonds is 3. The minimum Gasteiger partial charge on any atom is -0.417 e. The normalized spacial score (nSPS) is 14.9. The third-order valence-electron chi connectivity index (χ3n) is 4.27. The van der Waals surface area contributed by atoms with Crippen LogP contribution in [0, 0.1) is 6.92 Å². The summed E-state index contributed by atoms with van der Waals surface area (Å²) in [7, 11) is 0. The third kappa shape index (κ3) is 3.70. The quantitative estimate of drug-likeness (QED) is 0.853. The fourth-order valence-corrected chi connectivity index (χ4v) is 2.68. The molecule has 2 heterocycles. The number of hydrogen-bond donors (Lipinski definition) is 0. The summed E-state index contributed by atoms with van der Waals surface area (Å²) in [5.74, 6) is 0.269. The van der Waals surface area contributed by atoms with Crippen LogP contribution in [0.5, 0.6) is 0 Å².